The van der Waals surface area contributed by atoms with Gasteiger partial charge < -0.3 is 4.90 Å². The molecule has 2 nitrogen and oxygen atoms in total. The van der Waals surface area contributed by atoms with Gasteiger partial charge in [-0.2, -0.15) is 0 Å². The van der Waals surface area contributed by atoms with Crippen LogP contribution >= 0.6 is 23.2 Å². The lowest BCUT2D eigenvalue weighted by molar-refractivity contribution is -0.131. The minimum Gasteiger partial charge on any atom is -0.342 e. The average molecular weight is 286 g/mol. The summed E-state index contributed by atoms with van der Waals surface area (Å²) in [6.45, 7) is 3.93. The Bertz CT molecular complexity index is 419. The van der Waals surface area contributed by atoms with Gasteiger partial charge in [0.15, 0.2) is 0 Å². The Morgan fingerprint density at radius 2 is 1.83 bits per heavy atom. The monoisotopic (exact) mass is 285 g/mol. The van der Waals surface area contributed by atoms with Gasteiger partial charge in [0.2, 0.25) is 5.91 Å². The van der Waals surface area contributed by atoms with Crippen molar-refractivity contribution in [2.75, 3.05) is 13.1 Å². The van der Waals surface area contributed by atoms with Crippen LogP contribution < -0.4 is 0 Å². The van der Waals surface area contributed by atoms with Crippen molar-refractivity contribution in [1.82, 2.24) is 4.90 Å². The zero-order chi connectivity index (χ0) is 13.1. The molecule has 1 aliphatic heterocycles. The fraction of sp³-hybridized carbons (Fsp3) is 0.500. The van der Waals surface area contributed by atoms with Crippen molar-refractivity contribution >= 4 is 29.1 Å². The number of halogens is 2. The molecule has 1 amide bonds. The largest absolute Gasteiger partial charge is 0.342 e. The second kappa shape index (κ2) is 5.94. The fourth-order valence-corrected chi connectivity index (χ4v) is 2.75. The highest BCUT2D eigenvalue weighted by Crippen LogP contribution is 2.26. The van der Waals surface area contributed by atoms with Gasteiger partial charge in [0, 0.05) is 23.1 Å². The van der Waals surface area contributed by atoms with E-state index in [9.17, 15) is 4.79 Å². The van der Waals surface area contributed by atoms with Crippen LogP contribution in [0, 0.1) is 5.92 Å². The molecule has 0 spiro atoms. The predicted octanol–water partition coefficient (Wildman–Crippen LogP) is 3.79. The third kappa shape index (κ3) is 3.18. The molecule has 1 aromatic rings. The third-order valence-electron chi connectivity index (χ3n) is 3.53. The van der Waals surface area contributed by atoms with Gasteiger partial charge in [0.25, 0.3) is 0 Å². The summed E-state index contributed by atoms with van der Waals surface area (Å²) < 4.78 is 0. The number of hydrogen-bond acceptors (Lipinski definition) is 1. The molecule has 1 fully saturated rings. The van der Waals surface area contributed by atoms with Crippen LogP contribution in [0.2, 0.25) is 10.0 Å². The molecular weight excluding hydrogens is 269 g/mol. The number of rotatable bonds is 2. The van der Waals surface area contributed by atoms with Crippen LogP contribution in [0.5, 0.6) is 0 Å². The molecule has 1 aromatic carbocycles. The Labute approximate surface area is 118 Å². The summed E-state index contributed by atoms with van der Waals surface area (Å²) in [6, 6.07) is 5.34. The molecule has 98 valence electrons. The molecule has 0 saturated carbocycles. The fourth-order valence-electron chi connectivity index (χ4n) is 2.22. The molecule has 0 atom stereocenters. The Balaban J connectivity index is 2.03. The number of piperidine rings is 1. The van der Waals surface area contributed by atoms with E-state index < -0.39 is 0 Å². The molecule has 0 N–H and O–H groups in total. The summed E-state index contributed by atoms with van der Waals surface area (Å²) in [4.78, 5) is 14.1. The number of amides is 1. The maximum Gasteiger partial charge on any atom is 0.227 e. The molecule has 2 rings (SSSR count). The predicted molar refractivity (Wildman–Crippen MR) is 75.1 cm³/mol. The maximum atomic E-state index is 12.2. The van der Waals surface area contributed by atoms with E-state index in [-0.39, 0.29) is 5.91 Å². The second-order valence-corrected chi connectivity index (χ2v) is 5.75. The Hall–Kier alpha value is -0.730. The van der Waals surface area contributed by atoms with Crippen LogP contribution in [0.1, 0.15) is 25.3 Å². The summed E-state index contributed by atoms with van der Waals surface area (Å²) in [5.41, 5.74) is 0.740. The zero-order valence-electron chi connectivity index (χ0n) is 10.5. The molecule has 18 heavy (non-hydrogen) atoms. The van der Waals surface area contributed by atoms with Crippen molar-refractivity contribution in [3.05, 3.63) is 33.8 Å². The molecule has 0 radical (unpaired) electrons. The molecule has 1 saturated heterocycles. The molecule has 0 aliphatic carbocycles. The molecule has 0 bridgehead atoms. The van der Waals surface area contributed by atoms with Crippen LogP contribution in [0.4, 0.5) is 0 Å². The van der Waals surface area contributed by atoms with Crippen molar-refractivity contribution in [2.24, 2.45) is 5.92 Å². The van der Waals surface area contributed by atoms with E-state index in [1.807, 2.05) is 4.90 Å². The lowest BCUT2D eigenvalue weighted by Crippen LogP contribution is -2.38. The minimum atomic E-state index is 0.122. The highest BCUT2D eigenvalue weighted by molar-refractivity contribution is 6.36. The standard InChI is InChI=1S/C14H17Cl2NO/c1-10-5-7-17(8-6-10)14(18)9-11-12(15)3-2-4-13(11)16/h2-4,10H,5-9H2,1H3. The summed E-state index contributed by atoms with van der Waals surface area (Å²) in [5, 5.41) is 1.14. The van der Waals surface area contributed by atoms with Gasteiger partial charge in [-0.05, 0) is 36.5 Å². The second-order valence-electron chi connectivity index (χ2n) is 4.94. The molecule has 1 heterocycles. The first-order valence-corrected chi connectivity index (χ1v) is 7.04. The minimum absolute atomic E-state index is 0.122. The Morgan fingerprint density at radius 1 is 1.28 bits per heavy atom. The first kappa shape index (κ1) is 13.7. The Morgan fingerprint density at radius 3 is 2.39 bits per heavy atom. The highest BCUT2D eigenvalue weighted by atomic mass is 35.5. The van der Waals surface area contributed by atoms with Crippen LogP contribution in [0.25, 0.3) is 0 Å². The van der Waals surface area contributed by atoms with E-state index in [1.165, 1.54) is 0 Å². The van der Waals surface area contributed by atoms with Gasteiger partial charge in [-0.15, -0.1) is 0 Å². The van der Waals surface area contributed by atoms with Crippen molar-refractivity contribution in [3.63, 3.8) is 0 Å². The number of nitrogens with zero attached hydrogens (tertiary/aromatic N) is 1. The summed E-state index contributed by atoms with van der Waals surface area (Å²) >= 11 is 12.2. The molecule has 1 aliphatic rings. The van der Waals surface area contributed by atoms with E-state index >= 15 is 0 Å². The molecule has 0 aromatic heterocycles. The normalized spacial score (nSPS) is 16.9. The van der Waals surface area contributed by atoms with E-state index in [0.29, 0.717) is 16.5 Å². The lowest BCUT2D eigenvalue weighted by Gasteiger charge is -2.30. The number of hydrogen-bond donors (Lipinski definition) is 0. The quantitative estimate of drug-likeness (QED) is 0.810. The van der Waals surface area contributed by atoms with E-state index in [0.717, 1.165) is 37.4 Å². The van der Waals surface area contributed by atoms with Crippen LogP contribution in [-0.4, -0.2) is 23.9 Å². The highest BCUT2D eigenvalue weighted by Gasteiger charge is 2.21. The lowest BCUT2D eigenvalue weighted by atomic mass is 9.98. The smallest absolute Gasteiger partial charge is 0.227 e. The van der Waals surface area contributed by atoms with Crippen molar-refractivity contribution in [3.8, 4) is 0 Å². The van der Waals surface area contributed by atoms with E-state index in [1.54, 1.807) is 18.2 Å². The van der Waals surface area contributed by atoms with E-state index in [2.05, 4.69) is 6.92 Å². The summed E-state index contributed by atoms with van der Waals surface area (Å²) in [5.74, 6) is 0.842. The van der Waals surface area contributed by atoms with E-state index in [4.69, 9.17) is 23.2 Å². The first-order chi connectivity index (χ1) is 8.58. The molecule has 4 heteroatoms. The molecular formula is C14H17Cl2NO. The van der Waals surface area contributed by atoms with Crippen molar-refractivity contribution in [2.45, 2.75) is 26.2 Å². The number of benzene rings is 1. The van der Waals surface area contributed by atoms with Gasteiger partial charge in [0.1, 0.15) is 0 Å². The Kier molecular flexibility index (Phi) is 4.52. The van der Waals surface area contributed by atoms with Gasteiger partial charge >= 0.3 is 0 Å². The number of likely N-dealkylation sites (tertiary alicyclic amines) is 1. The number of carbonyl (C=O) groups is 1. The van der Waals surface area contributed by atoms with Gasteiger partial charge in [-0.3, -0.25) is 4.79 Å². The summed E-state index contributed by atoms with van der Waals surface area (Å²) in [6.07, 6.45) is 2.47. The SMILES string of the molecule is CC1CCN(C(=O)Cc2c(Cl)cccc2Cl)CC1. The zero-order valence-corrected chi connectivity index (χ0v) is 12.0. The van der Waals surface area contributed by atoms with Crippen LogP contribution in [0.3, 0.4) is 0 Å². The van der Waals surface area contributed by atoms with Crippen molar-refractivity contribution < 1.29 is 4.79 Å². The van der Waals surface area contributed by atoms with Gasteiger partial charge in [-0.25, -0.2) is 0 Å². The average Bonchev–Trinajstić information content (AvgIpc) is 2.34. The molecule has 0 unspecified atom stereocenters. The van der Waals surface area contributed by atoms with Crippen LogP contribution in [-0.2, 0) is 11.2 Å². The van der Waals surface area contributed by atoms with Crippen LogP contribution in [0.15, 0.2) is 18.2 Å². The van der Waals surface area contributed by atoms with Gasteiger partial charge in [-0.1, -0.05) is 36.2 Å². The third-order valence-corrected chi connectivity index (χ3v) is 4.23. The number of carbonyl (C=O) groups excluding carboxylic acids is 1. The topological polar surface area (TPSA) is 20.3 Å². The van der Waals surface area contributed by atoms with Gasteiger partial charge in [0.05, 0.1) is 6.42 Å². The maximum absolute atomic E-state index is 12.2. The van der Waals surface area contributed by atoms with Crippen molar-refractivity contribution in [1.29, 1.82) is 0 Å². The summed E-state index contributed by atoms with van der Waals surface area (Å²) in [7, 11) is 0. The first-order valence-electron chi connectivity index (χ1n) is 6.28.